The second-order valence-corrected chi connectivity index (χ2v) is 4.94. The zero-order valence-electron chi connectivity index (χ0n) is 12.1. The van der Waals surface area contributed by atoms with Crippen LogP contribution in [0.3, 0.4) is 0 Å². The van der Waals surface area contributed by atoms with Gasteiger partial charge >= 0.3 is 0 Å². The highest BCUT2D eigenvalue weighted by atomic mass is 16.5. The number of para-hydroxylation sites is 1. The van der Waals surface area contributed by atoms with Crippen molar-refractivity contribution in [2.75, 3.05) is 13.2 Å². The van der Waals surface area contributed by atoms with Gasteiger partial charge in [-0.15, -0.1) is 0 Å². The number of fused-ring (bicyclic) bond motifs is 1. The third-order valence-corrected chi connectivity index (χ3v) is 3.44. The zero-order valence-corrected chi connectivity index (χ0v) is 12.1. The van der Waals surface area contributed by atoms with Crippen molar-refractivity contribution in [2.24, 2.45) is 0 Å². The monoisotopic (exact) mass is 278 g/mol. The predicted molar refractivity (Wildman–Crippen MR) is 86.1 cm³/mol. The maximum atomic E-state index is 5.86. The number of ether oxygens (including phenoxy) is 2. The molecule has 0 unspecified atom stereocenters. The first-order valence-corrected chi connectivity index (χ1v) is 7.13. The lowest BCUT2D eigenvalue weighted by Gasteiger charge is -2.11. The van der Waals surface area contributed by atoms with Crippen LogP contribution in [0.5, 0.6) is 11.5 Å². The molecule has 3 aromatic carbocycles. The van der Waals surface area contributed by atoms with Crippen LogP contribution in [0.15, 0.2) is 66.7 Å². The summed E-state index contributed by atoms with van der Waals surface area (Å²) in [4.78, 5) is 0. The van der Waals surface area contributed by atoms with Crippen LogP contribution in [0.2, 0.25) is 0 Å². The molecule has 0 N–H and O–H groups in total. The van der Waals surface area contributed by atoms with E-state index in [-0.39, 0.29) is 0 Å². The van der Waals surface area contributed by atoms with Gasteiger partial charge in [0.25, 0.3) is 0 Å². The van der Waals surface area contributed by atoms with Crippen molar-refractivity contribution >= 4 is 10.8 Å². The Morgan fingerprint density at radius 3 is 2.14 bits per heavy atom. The Balaban J connectivity index is 1.61. The first-order valence-electron chi connectivity index (χ1n) is 7.13. The molecule has 0 aliphatic rings. The van der Waals surface area contributed by atoms with Crippen molar-refractivity contribution < 1.29 is 9.47 Å². The van der Waals surface area contributed by atoms with Crippen LogP contribution in [0.25, 0.3) is 10.8 Å². The number of benzene rings is 3. The largest absolute Gasteiger partial charge is 0.490 e. The van der Waals surface area contributed by atoms with E-state index in [1.807, 2.05) is 55.5 Å². The molecule has 0 spiro atoms. The lowest BCUT2D eigenvalue weighted by molar-refractivity contribution is 0.218. The van der Waals surface area contributed by atoms with Crippen LogP contribution in [0.1, 0.15) is 5.56 Å². The number of aryl methyl sites for hydroxylation is 1. The van der Waals surface area contributed by atoms with E-state index < -0.39 is 0 Å². The van der Waals surface area contributed by atoms with Crippen molar-refractivity contribution in [3.63, 3.8) is 0 Å². The summed E-state index contributed by atoms with van der Waals surface area (Å²) < 4.78 is 11.6. The van der Waals surface area contributed by atoms with Gasteiger partial charge in [0, 0.05) is 5.39 Å². The average Bonchev–Trinajstić information content (AvgIpc) is 2.53. The normalized spacial score (nSPS) is 10.5. The van der Waals surface area contributed by atoms with Gasteiger partial charge in [0.2, 0.25) is 0 Å². The lowest BCUT2D eigenvalue weighted by Crippen LogP contribution is -2.09. The summed E-state index contributed by atoms with van der Waals surface area (Å²) in [5, 5.41) is 2.32. The molecule has 2 heteroatoms. The fraction of sp³-hybridized carbons (Fsp3) is 0.158. The van der Waals surface area contributed by atoms with E-state index in [1.54, 1.807) is 0 Å². The predicted octanol–water partition coefficient (Wildman–Crippen LogP) is 4.61. The van der Waals surface area contributed by atoms with Crippen LogP contribution in [0, 0.1) is 6.92 Å². The lowest BCUT2D eigenvalue weighted by atomic mass is 10.1. The van der Waals surface area contributed by atoms with Crippen molar-refractivity contribution in [1.82, 2.24) is 0 Å². The molecule has 106 valence electrons. The number of rotatable bonds is 5. The highest BCUT2D eigenvalue weighted by molar-refractivity contribution is 5.88. The van der Waals surface area contributed by atoms with E-state index in [0.29, 0.717) is 13.2 Å². The molecule has 0 fully saturated rings. The highest BCUT2D eigenvalue weighted by Gasteiger charge is 2.02. The Morgan fingerprint density at radius 1 is 0.667 bits per heavy atom. The molecule has 2 nitrogen and oxygen atoms in total. The molecule has 0 radical (unpaired) electrons. The number of hydrogen-bond donors (Lipinski definition) is 0. The summed E-state index contributed by atoms with van der Waals surface area (Å²) in [5.74, 6) is 1.82. The van der Waals surface area contributed by atoms with Gasteiger partial charge in [-0.3, -0.25) is 0 Å². The van der Waals surface area contributed by atoms with Crippen LogP contribution < -0.4 is 9.47 Å². The first kappa shape index (κ1) is 13.5. The molecular formula is C19H18O2. The minimum absolute atomic E-state index is 0.530. The average molecular weight is 278 g/mol. The van der Waals surface area contributed by atoms with Gasteiger partial charge in [0.05, 0.1) is 0 Å². The van der Waals surface area contributed by atoms with Crippen LogP contribution in [-0.2, 0) is 0 Å². The van der Waals surface area contributed by atoms with Gasteiger partial charge in [-0.25, -0.2) is 0 Å². The second kappa shape index (κ2) is 6.31. The summed E-state index contributed by atoms with van der Waals surface area (Å²) in [6, 6.07) is 22.3. The molecule has 3 rings (SSSR count). The summed E-state index contributed by atoms with van der Waals surface area (Å²) in [7, 11) is 0. The van der Waals surface area contributed by atoms with Crippen LogP contribution in [-0.4, -0.2) is 13.2 Å². The van der Waals surface area contributed by atoms with E-state index in [0.717, 1.165) is 22.4 Å². The van der Waals surface area contributed by atoms with Gasteiger partial charge in [-0.05, 0) is 30.0 Å². The molecule has 0 bridgehead atoms. The Kier molecular flexibility index (Phi) is 4.06. The van der Waals surface area contributed by atoms with E-state index >= 15 is 0 Å². The Bertz CT molecular complexity index is 729. The van der Waals surface area contributed by atoms with Crippen LogP contribution in [0.4, 0.5) is 0 Å². The standard InChI is InChI=1S/C19H18O2/c1-15-7-2-5-11-18(15)20-13-14-21-19-12-6-9-16-8-3-4-10-17(16)19/h2-12H,13-14H2,1H3. The molecule has 0 saturated heterocycles. The summed E-state index contributed by atoms with van der Waals surface area (Å²) in [6.07, 6.45) is 0. The van der Waals surface area contributed by atoms with Crippen molar-refractivity contribution in [1.29, 1.82) is 0 Å². The molecule has 0 aliphatic heterocycles. The van der Waals surface area contributed by atoms with Crippen molar-refractivity contribution in [2.45, 2.75) is 6.92 Å². The number of hydrogen-bond acceptors (Lipinski definition) is 2. The van der Waals surface area contributed by atoms with E-state index in [2.05, 4.69) is 18.2 Å². The minimum atomic E-state index is 0.530. The SMILES string of the molecule is Cc1ccccc1OCCOc1cccc2ccccc12. The maximum absolute atomic E-state index is 5.86. The molecule has 0 aromatic heterocycles. The van der Waals surface area contributed by atoms with Gasteiger partial charge in [0.1, 0.15) is 24.7 Å². The molecule has 0 amide bonds. The Morgan fingerprint density at radius 2 is 1.29 bits per heavy atom. The van der Waals surface area contributed by atoms with Crippen molar-refractivity contribution in [3.05, 3.63) is 72.3 Å². The fourth-order valence-corrected chi connectivity index (χ4v) is 2.34. The topological polar surface area (TPSA) is 18.5 Å². The van der Waals surface area contributed by atoms with Gasteiger partial charge in [-0.2, -0.15) is 0 Å². The van der Waals surface area contributed by atoms with Crippen molar-refractivity contribution in [3.8, 4) is 11.5 Å². The van der Waals surface area contributed by atoms with E-state index in [9.17, 15) is 0 Å². The minimum Gasteiger partial charge on any atom is -0.490 e. The summed E-state index contributed by atoms with van der Waals surface area (Å²) in [6.45, 7) is 3.11. The Hall–Kier alpha value is -2.48. The summed E-state index contributed by atoms with van der Waals surface area (Å²) in [5.41, 5.74) is 1.14. The molecular weight excluding hydrogens is 260 g/mol. The zero-order chi connectivity index (χ0) is 14.5. The molecule has 0 aliphatic carbocycles. The van der Waals surface area contributed by atoms with Gasteiger partial charge < -0.3 is 9.47 Å². The van der Waals surface area contributed by atoms with Crippen LogP contribution >= 0.6 is 0 Å². The quantitative estimate of drug-likeness (QED) is 0.635. The van der Waals surface area contributed by atoms with Gasteiger partial charge in [-0.1, -0.05) is 54.6 Å². The third-order valence-electron chi connectivity index (χ3n) is 3.44. The first-order chi connectivity index (χ1) is 10.3. The highest BCUT2D eigenvalue weighted by Crippen LogP contribution is 2.25. The smallest absolute Gasteiger partial charge is 0.127 e. The second-order valence-electron chi connectivity index (χ2n) is 4.94. The van der Waals surface area contributed by atoms with Gasteiger partial charge in [0.15, 0.2) is 0 Å². The Labute approximate surface area is 124 Å². The molecule has 0 atom stereocenters. The molecule has 21 heavy (non-hydrogen) atoms. The maximum Gasteiger partial charge on any atom is 0.127 e. The molecule has 3 aromatic rings. The van der Waals surface area contributed by atoms with E-state index in [4.69, 9.17) is 9.47 Å². The summed E-state index contributed by atoms with van der Waals surface area (Å²) >= 11 is 0. The molecule has 0 saturated carbocycles. The van der Waals surface area contributed by atoms with E-state index in [1.165, 1.54) is 5.39 Å². The third kappa shape index (κ3) is 3.16. The molecule has 0 heterocycles. The fourth-order valence-electron chi connectivity index (χ4n) is 2.34.